The molecule has 15 heavy (non-hydrogen) atoms. The third-order valence-corrected chi connectivity index (χ3v) is 2.35. The molecule has 0 saturated heterocycles. The molecule has 2 N–H and O–H groups in total. The molecule has 4 nitrogen and oxygen atoms in total. The van der Waals surface area contributed by atoms with Crippen molar-refractivity contribution in [1.82, 2.24) is 11.0 Å². The first-order valence-corrected chi connectivity index (χ1v) is 4.97. The summed E-state index contributed by atoms with van der Waals surface area (Å²) in [6.07, 6.45) is 2.98. The summed E-state index contributed by atoms with van der Waals surface area (Å²) in [6.45, 7) is 2.34. The predicted octanol–water partition coefficient (Wildman–Crippen LogP) is 0.230. The summed E-state index contributed by atoms with van der Waals surface area (Å²) < 4.78 is 1.88. The topological polar surface area (TPSA) is 44.1 Å². The first kappa shape index (κ1) is 9.71. The number of carbonyl (C=O) groups excluding carboxylic acids is 1. The van der Waals surface area contributed by atoms with Crippen LogP contribution in [0.4, 0.5) is 0 Å². The molecule has 0 aromatic heterocycles. The Kier molecular flexibility index (Phi) is 2.67. The van der Waals surface area contributed by atoms with Crippen molar-refractivity contribution in [1.29, 1.82) is 0 Å². The number of rotatable bonds is 2. The normalized spacial score (nSPS) is 13.8. The Balaban J connectivity index is 2.11. The first-order valence-electron chi connectivity index (χ1n) is 4.97. The Labute approximate surface area is 88.6 Å². The van der Waals surface area contributed by atoms with Gasteiger partial charge in [0, 0.05) is 18.9 Å². The van der Waals surface area contributed by atoms with Crippen LogP contribution in [-0.2, 0) is 11.2 Å². The second-order valence-electron chi connectivity index (χ2n) is 3.56. The molecule has 1 heterocycles. The number of hydrogen-bond acceptors (Lipinski definition) is 2. The minimum Gasteiger partial charge on any atom is -0.273 e. The zero-order valence-electron chi connectivity index (χ0n) is 8.66. The Bertz CT molecular complexity index is 412. The van der Waals surface area contributed by atoms with E-state index in [-0.39, 0.29) is 5.91 Å². The van der Waals surface area contributed by atoms with Gasteiger partial charge in [0.05, 0.1) is 0 Å². The number of amides is 1. The Morgan fingerprint density at radius 1 is 1.40 bits per heavy atom. The van der Waals surface area contributed by atoms with Crippen LogP contribution in [0, 0.1) is 0 Å². The van der Waals surface area contributed by atoms with E-state index in [1.807, 2.05) is 23.0 Å². The molecule has 0 spiro atoms. The van der Waals surface area contributed by atoms with Gasteiger partial charge in [0.2, 0.25) is 12.1 Å². The van der Waals surface area contributed by atoms with Crippen molar-refractivity contribution in [2.75, 3.05) is 6.54 Å². The number of hydrogen-bond donors (Lipinski definition) is 2. The minimum absolute atomic E-state index is 0.0951. The van der Waals surface area contributed by atoms with Gasteiger partial charge in [-0.2, -0.15) is 0 Å². The van der Waals surface area contributed by atoms with E-state index in [0.717, 1.165) is 13.0 Å². The van der Waals surface area contributed by atoms with Crippen molar-refractivity contribution < 1.29 is 9.48 Å². The van der Waals surface area contributed by atoms with Crippen molar-refractivity contribution in [2.45, 2.75) is 13.3 Å². The van der Waals surface area contributed by atoms with Crippen LogP contribution < -0.4 is 11.0 Å². The van der Waals surface area contributed by atoms with E-state index in [2.05, 4.69) is 23.1 Å². The summed E-state index contributed by atoms with van der Waals surface area (Å²) in [7, 11) is 0. The molecule has 1 amide bonds. The number of nitrogens with zero attached hydrogens (tertiary/aromatic N) is 1. The highest BCUT2D eigenvalue weighted by molar-refractivity contribution is 5.78. The van der Waals surface area contributed by atoms with Crippen LogP contribution in [0.1, 0.15) is 18.1 Å². The van der Waals surface area contributed by atoms with Crippen molar-refractivity contribution >= 4 is 12.1 Å². The quantitative estimate of drug-likeness (QED) is 0.535. The monoisotopic (exact) mass is 204 g/mol. The number of carbonyl (C=O) groups is 1. The average Bonchev–Trinajstić information content (AvgIpc) is 2.26. The average molecular weight is 204 g/mol. The van der Waals surface area contributed by atoms with E-state index >= 15 is 0 Å². The third-order valence-electron chi connectivity index (χ3n) is 2.35. The van der Waals surface area contributed by atoms with E-state index in [9.17, 15) is 4.79 Å². The lowest BCUT2D eigenvalue weighted by Gasteiger charge is -2.11. The van der Waals surface area contributed by atoms with Gasteiger partial charge in [0.15, 0.2) is 6.54 Å². The van der Waals surface area contributed by atoms with Crippen molar-refractivity contribution in [3.8, 4) is 0 Å². The largest absolute Gasteiger partial charge is 0.273 e. The molecule has 1 aliphatic rings. The Morgan fingerprint density at radius 3 is 3.00 bits per heavy atom. The SMILES string of the molecule is CC(=O)NN[N+]1=Cc2ccccc2CC1. The van der Waals surface area contributed by atoms with Crippen LogP contribution in [0.15, 0.2) is 24.3 Å². The van der Waals surface area contributed by atoms with E-state index < -0.39 is 0 Å². The standard InChI is InChI=1S/C11H13N3O/c1-9(15)12-13-14-7-6-10-4-2-3-5-11(10)8-14/h2-5,8,13H,6-7H2,1H3/p+1. The molecule has 1 aromatic rings. The maximum atomic E-state index is 10.7. The predicted molar refractivity (Wildman–Crippen MR) is 57.4 cm³/mol. The molecule has 0 bridgehead atoms. The Morgan fingerprint density at radius 2 is 2.20 bits per heavy atom. The summed E-state index contributed by atoms with van der Waals surface area (Å²) >= 11 is 0. The van der Waals surface area contributed by atoms with Crippen LogP contribution >= 0.6 is 0 Å². The molecule has 0 unspecified atom stereocenters. The lowest BCUT2D eigenvalue weighted by Crippen LogP contribution is -2.45. The number of benzene rings is 1. The number of hydrazone groups is 1. The van der Waals surface area contributed by atoms with Gasteiger partial charge >= 0.3 is 0 Å². The van der Waals surface area contributed by atoms with Crippen LogP contribution in [0.5, 0.6) is 0 Å². The van der Waals surface area contributed by atoms with Gasteiger partial charge in [-0.1, -0.05) is 18.2 Å². The third kappa shape index (κ3) is 2.34. The Hall–Kier alpha value is -1.84. The van der Waals surface area contributed by atoms with Crippen LogP contribution in [0.25, 0.3) is 0 Å². The minimum atomic E-state index is -0.0951. The van der Waals surface area contributed by atoms with Crippen molar-refractivity contribution in [3.05, 3.63) is 35.4 Å². The molecule has 0 radical (unpaired) electrons. The molecule has 0 aliphatic carbocycles. The van der Waals surface area contributed by atoms with E-state index in [0.29, 0.717) is 0 Å². The smallest absolute Gasteiger partial charge is 0.239 e. The molecular weight excluding hydrogens is 190 g/mol. The molecule has 78 valence electrons. The van der Waals surface area contributed by atoms with E-state index in [1.165, 1.54) is 18.1 Å². The summed E-state index contributed by atoms with van der Waals surface area (Å²) in [4.78, 5) is 10.7. The lowest BCUT2D eigenvalue weighted by molar-refractivity contribution is -0.591. The van der Waals surface area contributed by atoms with Gasteiger partial charge in [-0.25, -0.2) is 5.43 Å². The molecular formula is C11H14N3O+. The molecule has 4 heteroatoms. The number of fused-ring (bicyclic) bond motifs is 1. The summed E-state index contributed by atoms with van der Waals surface area (Å²) in [5, 5.41) is 0. The van der Waals surface area contributed by atoms with Crippen LogP contribution in [-0.4, -0.2) is 23.4 Å². The highest BCUT2D eigenvalue weighted by Crippen LogP contribution is 2.09. The first-order chi connectivity index (χ1) is 7.25. The fourth-order valence-corrected chi connectivity index (χ4v) is 1.60. The van der Waals surface area contributed by atoms with Gasteiger partial charge in [0.1, 0.15) is 0 Å². The van der Waals surface area contributed by atoms with E-state index in [1.54, 1.807) is 0 Å². The van der Waals surface area contributed by atoms with Gasteiger partial charge in [-0.15, -0.1) is 10.2 Å². The molecule has 0 fully saturated rings. The zero-order valence-corrected chi connectivity index (χ0v) is 8.66. The van der Waals surface area contributed by atoms with Crippen LogP contribution in [0.2, 0.25) is 0 Å². The van der Waals surface area contributed by atoms with Crippen molar-refractivity contribution in [3.63, 3.8) is 0 Å². The molecule has 1 aliphatic heterocycles. The fraction of sp³-hybridized carbons (Fsp3) is 0.273. The summed E-state index contributed by atoms with van der Waals surface area (Å²) in [6, 6.07) is 8.25. The van der Waals surface area contributed by atoms with Gasteiger partial charge < -0.3 is 0 Å². The van der Waals surface area contributed by atoms with Crippen molar-refractivity contribution in [2.24, 2.45) is 0 Å². The maximum Gasteiger partial charge on any atom is 0.239 e. The lowest BCUT2D eigenvalue weighted by atomic mass is 10.0. The van der Waals surface area contributed by atoms with Gasteiger partial charge in [-0.05, 0) is 11.6 Å². The second-order valence-corrected chi connectivity index (χ2v) is 3.56. The summed E-state index contributed by atoms with van der Waals surface area (Å²) in [5.74, 6) is -0.0951. The molecule has 1 aromatic carbocycles. The van der Waals surface area contributed by atoms with Gasteiger partial charge in [-0.3, -0.25) is 4.79 Å². The van der Waals surface area contributed by atoms with Gasteiger partial charge in [0.25, 0.3) is 0 Å². The van der Waals surface area contributed by atoms with Crippen LogP contribution in [0.3, 0.4) is 0 Å². The molecule has 0 atom stereocenters. The fourth-order valence-electron chi connectivity index (χ4n) is 1.60. The number of hydrazine groups is 2. The second kappa shape index (κ2) is 4.13. The zero-order chi connectivity index (χ0) is 10.7. The highest BCUT2D eigenvalue weighted by atomic mass is 16.2. The van der Waals surface area contributed by atoms with E-state index in [4.69, 9.17) is 0 Å². The summed E-state index contributed by atoms with van der Waals surface area (Å²) in [5.41, 5.74) is 7.93. The molecule has 2 rings (SSSR count). The highest BCUT2D eigenvalue weighted by Gasteiger charge is 2.14. The molecule has 0 saturated carbocycles. The maximum absolute atomic E-state index is 10.7. The number of nitrogens with one attached hydrogen (secondary N) is 2.